The summed E-state index contributed by atoms with van der Waals surface area (Å²) in [5.74, 6) is -0.127. The van der Waals surface area contributed by atoms with Gasteiger partial charge in [0, 0.05) is 30.5 Å². The number of benzene rings is 1. The predicted octanol–water partition coefficient (Wildman–Crippen LogP) is 3.09. The fourth-order valence-electron chi connectivity index (χ4n) is 2.20. The van der Waals surface area contributed by atoms with Gasteiger partial charge in [0.25, 0.3) is 11.8 Å². The number of carbonyl (C=O) groups excluding carboxylic acids is 2. The van der Waals surface area contributed by atoms with E-state index in [1.54, 1.807) is 6.07 Å². The average molecular weight is 360 g/mol. The zero-order valence-corrected chi connectivity index (χ0v) is 15.1. The van der Waals surface area contributed by atoms with Gasteiger partial charge < -0.3 is 10.6 Å². The quantitative estimate of drug-likeness (QED) is 0.798. The number of nitrogens with one attached hydrogen (secondary N) is 2. The third kappa shape index (κ3) is 6.19. The van der Waals surface area contributed by atoms with Crippen molar-refractivity contribution in [1.29, 1.82) is 0 Å². The van der Waals surface area contributed by atoms with E-state index in [1.165, 1.54) is 12.4 Å². The Morgan fingerprint density at radius 2 is 1.76 bits per heavy atom. The number of hydrogen-bond donors (Lipinski definition) is 2. The first-order chi connectivity index (χ1) is 12.0. The van der Waals surface area contributed by atoms with Gasteiger partial charge in [0.05, 0.1) is 11.1 Å². The lowest BCUT2D eigenvalue weighted by Crippen LogP contribution is -2.29. The van der Waals surface area contributed by atoms with E-state index < -0.39 is 0 Å². The normalized spacial score (nSPS) is 10.6. The number of amides is 2. The molecule has 6 heteroatoms. The Hall–Kier alpha value is -2.40. The van der Waals surface area contributed by atoms with E-state index in [-0.39, 0.29) is 11.8 Å². The van der Waals surface area contributed by atoms with E-state index in [0.29, 0.717) is 41.6 Å². The van der Waals surface area contributed by atoms with Crippen molar-refractivity contribution >= 4 is 23.4 Å². The van der Waals surface area contributed by atoms with E-state index in [4.69, 9.17) is 11.6 Å². The minimum atomic E-state index is -0.256. The van der Waals surface area contributed by atoms with Crippen LogP contribution in [0, 0.1) is 5.92 Å². The van der Waals surface area contributed by atoms with Gasteiger partial charge in [0.2, 0.25) is 0 Å². The molecule has 0 aliphatic heterocycles. The topological polar surface area (TPSA) is 71.1 Å². The highest BCUT2D eigenvalue weighted by Crippen LogP contribution is 2.11. The third-order valence-corrected chi connectivity index (χ3v) is 3.76. The Bertz CT molecular complexity index is 747. The Morgan fingerprint density at radius 1 is 1.08 bits per heavy atom. The van der Waals surface area contributed by atoms with Gasteiger partial charge in [-0.15, -0.1) is 0 Å². The molecule has 2 N–H and O–H groups in total. The summed E-state index contributed by atoms with van der Waals surface area (Å²) in [5, 5.41) is 6.32. The van der Waals surface area contributed by atoms with Crippen molar-refractivity contribution in [1.82, 2.24) is 15.6 Å². The second kappa shape index (κ2) is 9.18. The molecular formula is C19H22ClN3O2. The van der Waals surface area contributed by atoms with Crippen molar-refractivity contribution in [3.8, 4) is 0 Å². The molecule has 0 unspecified atom stereocenters. The number of halogens is 1. The predicted molar refractivity (Wildman–Crippen MR) is 98.9 cm³/mol. The van der Waals surface area contributed by atoms with Crippen molar-refractivity contribution < 1.29 is 9.59 Å². The monoisotopic (exact) mass is 359 g/mol. The van der Waals surface area contributed by atoms with Crippen molar-refractivity contribution in [2.24, 2.45) is 5.92 Å². The SMILES string of the molecule is CC(C)CNC(=O)c1cncc(C(=O)NCCc2cccc(Cl)c2)c1. The summed E-state index contributed by atoms with van der Waals surface area (Å²) in [5.41, 5.74) is 1.79. The number of nitrogens with zero attached hydrogens (tertiary/aromatic N) is 1. The minimum absolute atomic E-state index is 0.227. The van der Waals surface area contributed by atoms with Gasteiger partial charge in [0.1, 0.15) is 0 Å². The van der Waals surface area contributed by atoms with Crippen molar-refractivity contribution in [3.05, 3.63) is 64.4 Å². The molecule has 2 rings (SSSR count). The maximum absolute atomic E-state index is 12.2. The zero-order chi connectivity index (χ0) is 18.2. The van der Waals surface area contributed by atoms with Crippen molar-refractivity contribution in [2.45, 2.75) is 20.3 Å². The summed E-state index contributed by atoms with van der Waals surface area (Å²) in [6.45, 7) is 5.09. The van der Waals surface area contributed by atoms with Gasteiger partial charge in [-0.25, -0.2) is 0 Å². The Kier molecular flexibility index (Phi) is 6.95. The molecule has 1 aromatic heterocycles. The van der Waals surface area contributed by atoms with Crippen LogP contribution in [0.2, 0.25) is 5.02 Å². The second-order valence-electron chi connectivity index (χ2n) is 6.20. The summed E-state index contributed by atoms with van der Waals surface area (Å²) in [4.78, 5) is 28.3. The van der Waals surface area contributed by atoms with Gasteiger partial charge in [-0.05, 0) is 36.1 Å². The number of hydrogen-bond acceptors (Lipinski definition) is 3. The smallest absolute Gasteiger partial charge is 0.252 e. The molecule has 132 valence electrons. The highest BCUT2D eigenvalue weighted by atomic mass is 35.5. The van der Waals surface area contributed by atoms with E-state index in [0.717, 1.165) is 5.56 Å². The molecule has 0 saturated heterocycles. The number of rotatable bonds is 7. The Morgan fingerprint density at radius 3 is 2.40 bits per heavy atom. The highest BCUT2D eigenvalue weighted by Gasteiger charge is 2.11. The van der Waals surface area contributed by atoms with Crippen LogP contribution >= 0.6 is 11.6 Å². The molecule has 0 bridgehead atoms. The summed E-state index contributed by atoms with van der Waals surface area (Å²) >= 11 is 5.94. The van der Waals surface area contributed by atoms with Crippen LogP contribution in [-0.2, 0) is 6.42 Å². The molecule has 2 amide bonds. The lowest BCUT2D eigenvalue weighted by Gasteiger charge is -2.09. The average Bonchev–Trinajstić information content (AvgIpc) is 2.59. The first kappa shape index (κ1) is 18.9. The molecule has 5 nitrogen and oxygen atoms in total. The Balaban J connectivity index is 1.91. The maximum atomic E-state index is 12.2. The molecule has 25 heavy (non-hydrogen) atoms. The Labute approximate surface area is 152 Å². The zero-order valence-electron chi connectivity index (χ0n) is 14.4. The molecule has 2 aromatic rings. The minimum Gasteiger partial charge on any atom is -0.352 e. The third-order valence-electron chi connectivity index (χ3n) is 3.52. The number of pyridine rings is 1. The van der Waals surface area contributed by atoms with Crippen LogP contribution in [0.5, 0.6) is 0 Å². The van der Waals surface area contributed by atoms with E-state index in [2.05, 4.69) is 15.6 Å². The molecule has 0 aliphatic carbocycles. The van der Waals surface area contributed by atoms with E-state index >= 15 is 0 Å². The molecule has 0 saturated carbocycles. The van der Waals surface area contributed by atoms with Gasteiger partial charge in [-0.2, -0.15) is 0 Å². The van der Waals surface area contributed by atoms with Crippen LogP contribution in [0.25, 0.3) is 0 Å². The summed E-state index contributed by atoms with van der Waals surface area (Å²) in [6.07, 6.45) is 3.58. The van der Waals surface area contributed by atoms with E-state index in [9.17, 15) is 9.59 Å². The fourth-order valence-corrected chi connectivity index (χ4v) is 2.41. The van der Waals surface area contributed by atoms with Crippen molar-refractivity contribution in [2.75, 3.05) is 13.1 Å². The van der Waals surface area contributed by atoms with Crippen molar-refractivity contribution in [3.63, 3.8) is 0 Å². The van der Waals surface area contributed by atoms with Crippen LogP contribution in [0.3, 0.4) is 0 Å². The molecule has 0 radical (unpaired) electrons. The molecule has 0 fully saturated rings. The lowest BCUT2D eigenvalue weighted by atomic mass is 10.1. The van der Waals surface area contributed by atoms with Gasteiger partial charge in [0.15, 0.2) is 0 Å². The van der Waals surface area contributed by atoms with Gasteiger partial charge in [-0.3, -0.25) is 14.6 Å². The van der Waals surface area contributed by atoms with E-state index in [1.807, 2.05) is 38.1 Å². The summed E-state index contributed by atoms with van der Waals surface area (Å²) in [6, 6.07) is 9.07. The number of aromatic nitrogens is 1. The summed E-state index contributed by atoms with van der Waals surface area (Å²) < 4.78 is 0. The fraction of sp³-hybridized carbons (Fsp3) is 0.316. The largest absolute Gasteiger partial charge is 0.352 e. The summed E-state index contributed by atoms with van der Waals surface area (Å²) in [7, 11) is 0. The standard InChI is InChI=1S/C19H22ClN3O2/c1-13(2)10-23-19(25)16-9-15(11-21-12-16)18(24)22-7-6-14-4-3-5-17(20)8-14/h3-5,8-9,11-13H,6-7,10H2,1-2H3,(H,22,24)(H,23,25). The molecule has 0 aliphatic rings. The van der Waals surface area contributed by atoms with Crippen LogP contribution in [0.15, 0.2) is 42.7 Å². The highest BCUT2D eigenvalue weighted by molar-refractivity contribution is 6.30. The van der Waals surface area contributed by atoms with Gasteiger partial charge >= 0.3 is 0 Å². The molecular weight excluding hydrogens is 338 g/mol. The first-order valence-corrected chi connectivity index (χ1v) is 8.59. The van der Waals surface area contributed by atoms with Crippen LogP contribution in [0.4, 0.5) is 0 Å². The molecule has 0 spiro atoms. The van der Waals surface area contributed by atoms with Crippen LogP contribution in [0.1, 0.15) is 40.1 Å². The number of carbonyl (C=O) groups is 2. The lowest BCUT2D eigenvalue weighted by molar-refractivity contribution is 0.0948. The molecule has 0 atom stereocenters. The van der Waals surface area contributed by atoms with Gasteiger partial charge in [-0.1, -0.05) is 37.6 Å². The second-order valence-corrected chi connectivity index (χ2v) is 6.64. The van der Waals surface area contributed by atoms with Crippen LogP contribution < -0.4 is 10.6 Å². The molecule has 1 heterocycles. The first-order valence-electron chi connectivity index (χ1n) is 8.21. The maximum Gasteiger partial charge on any atom is 0.252 e. The molecule has 1 aromatic carbocycles. The van der Waals surface area contributed by atoms with Crippen LogP contribution in [-0.4, -0.2) is 29.9 Å².